The summed E-state index contributed by atoms with van der Waals surface area (Å²) in [5, 5.41) is 23.2. The molecule has 0 rings (SSSR count). The van der Waals surface area contributed by atoms with Gasteiger partial charge in [0.05, 0.1) is 18.8 Å². The molecule has 0 aromatic heterocycles. The monoisotopic (exact) mass is 858 g/mol. The molecular weight excluding hydrogens is 747 g/mol. The van der Waals surface area contributed by atoms with Gasteiger partial charge in [-0.3, -0.25) is 4.79 Å². The number of nitrogens with one attached hydrogen (secondary N) is 1. The van der Waals surface area contributed by atoms with Crippen molar-refractivity contribution in [2.75, 3.05) is 6.61 Å². The Bertz CT molecular complexity index is 886. The second-order valence-electron chi connectivity index (χ2n) is 19.4. The molecule has 0 aromatic carbocycles. The van der Waals surface area contributed by atoms with Gasteiger partial charge < -0.3 is 15.5 Å². The lowest BCUT2D eigenvalue weighted by molar-refractivity contribution is -0.123. The summed E-state index contributed by atoms with van der Waals surface area (Å²) < 4.78 is 0. The molecule has 0 bridgehead atoms. The zero-order valence-electron chi connectivity index (χ0n) is 41.7. The van der Waals surface area contributed by atoms with Crippen LogP contribution in [0.4, 0.5) is 0 Å². The predicted molar refractivity (Wildman–Crippen MR) is 272 cm³/mol. The SMILES string of the molecule is CCCCCCCCCCCCCC/C=C\CCCCCCCCCCCC(=O)NC(CO)C(O)/C=C/CCCCCCCCCCCCCCCCCCCCCCCC. The minimum atomic E-state index is -0.839. The van der Waals surface area contributed by atoms with Crippen LogP contribution in [0.5, 0.6) is 0 Å². The maximum atomic E-state index is 12.5. The maximum absolute atomic E-state index is 12.5. The van der Waals surface area contributed by atoms with Gasteiger partial charge in [-0.1, -0.05) is 289 Å². The smallest absolute Gasteiger partial charge is 0.220 e. The van der Waals surface area contributed by atoms with E-state index < -0.39 is 12.1 Å². The fourth-order valence-corrected chi connectivity index (χ4v) is 8.88. The van der Waals surface area contributed by atoms with Crippen molar-refractivity contribution in [1.82, 2.24) is 5.32 Å². The van der Waals surface area contributed by atoms with Gasteiger partial charge in [0.2, 0.25) is 5.91 Å². The number of aliphatic hydroxyl groups is 2. The van der Waals surface area contributed by atoms with E-state index in [9.17, 15) is 15.0 Å². The van der Waals surface area contributed by atoms with Gasteiger partial charge >= 0.3 is 0 Å². The number of aliphatic hydroxyl groups excluding tert-OH is 2. The first-order valence-corrected chi connectivity index (χ1v) is 28.1. The molecule has 2 unspecified atom stereocenters. The number of unbranched alkanes of at least 4 members (excludes halogenated alkanes) is 43. The van der Waals surface area contributed by atoms with Crippen LogP contribution in [-0.4, -0.2) is 34.9 Å². The molecule has 3 N–H and O–H groups in total. The Morgan fingerprint density at radius 3 is 0.902 bits per heavy atom. The van der Waals surface area contributed by atoms with E-state index >= 15 is 0 Å². The van der Waals surface area contributed by atoms with Gasteiger partial charge in [0.15, 0.2) is 0 Å². The van der Waals surface area contributed by atoms with E-state index in [2.05, 4.69) is 31.3 Å². The molecule has 61 heavy (non-hydrogen) atoms. The Labute approximate surface area is 383 Å². The number of hydrogen-bond acceptors (Lipinski definition) is 3. The minimum absolute atomic E-state index is 0.0609. The number of carbonyl (C=O) groups excluding carboxylic acids is 1. The van der Waals surface area contributed by atoms with Crippen molar-refractivity contribution in [2.24, 2.45) is 0 Å². The highest BCUT2D eigenvalue weighted by Gasteiger charge is 2.18. The normalized spacial score (nSPS) is 12.9. The van der Waals surface area contributed by atoms with Crippen molar-refractivity contribution in [3.8, 4) is 0 Å². The molecule has 0 aliphatic heterocycles. The molecule has 362 valence electrons. The lowest BCUT2D eigenvalue weighted by Gasteiger charge is -2.20. The molecule has 0 fully saturated rings. The highest BCUT2D eigenvalue weighted by Crippen LogP contribution is 2.17. The summed E-state index contributed by atoms with van der Waals surface area (Å²) >= 11 is 0. The number of allylic oxidation sites excluding steroid dienone is 3. The first-order chi connectivity index (χ1) is 30.2. The van der Waals surface area contributed by atoms with Gasteiger partial charge in [0.1, 0.15) is 0 Å². The molecular formula is C57H111NO3. The lowest BCUT2D eigenvalue weighted by atomic mass is 10.0. The molecule has 1 amide bonds. The average molecular weight is 859 g/mol. The van der Waals surface area contributed by atoms with Crippen LogP contribution in [0, 0.1) is 0 Å². The first-order valence-electron chi connectivity index (χ1n) is 28.1. The Morgan fingerprint density at radius 2 is 0.623 bits per heavy atom. The van der Waals surface area contributed by atoms with Crippen LogP contribution in [0.25, 0.3) is 0 Å². The van der Waals surface area contributed by atoms with Crippen LogP contribution in [0.2, 0.25) is 0 Å². The zero-order valence-corrected chi connectivity index (χ0v) is 41.7. The topological polar surface area (TPSA) is 69.6 Å². The second-order valence-corrected chi connectivity index (χ2v) is 19.4. The summed E-state index contributed by atoms with van der Waals surface area (Å²) in [6.07, 6.45) is 70.5. The lowest BCUT2D eigenvalue weighted by Crippen LogP contribution is -2.45. The van der Waals surface area contributed by atoms with Gasteiger partial charge in [0, 0.05) is 6.42 Å². The highest BCUT2D eigenvalue weighted by molar-refractivity contribution is 5.76. The summed E-state index contributed by atoms with van der Waals surface area (Å²) in [5.41, 5.74) is 0. The Morgan fingerprint density at radius 1 is 0.377 bits per heavy atom. The molecule has 4 heteroatoms. The predicted octanol–water partition coefficient (Wildman–Crippen LogP) is 18.3. The average Bonchev–Trinajstić information content (AvgIpc) is 3.26. The van der Waals surface area contributed by atoms with Crippen LogP contribution in [-0.2, 0) is 4.79 Å². The standard InChI is InChI=1S/C57H111NO3/c1-3-5-7-9-11-13-15-17-19-21-23-25-27-29-31-33-35-37-39-41-43-45-47-49-51-53-57(61)58-55(54-59)56(60)52-50-48-46-44-42-40-38-36-34-32-30-28-26-24-22-20-18-16-14-12-10-8-6-4-2/h29,31,50,52,55-56,59-60H,3-28,30,32-49,51,53-54H2,1-2H3,(H,58,61)/b31-29-,52-50+. The zero-order chi connectivity index (χ0) is 44.2. The van der Waals surface area contributed by atoms with Gasteiger partial charge in [-0.25, -0.2) is 0 Å². The van der Waals surface area contributed by atoms with Crippen LogP contribution < -0.4 is 5.32 Å². The van der Waals surface area contributed by atoms with Crippen molar-refractivity contribution in [1.29, 1.82) is 0 Å². The van der Waals surface area contributed by atoms with Crippen molar-refractivity contribution in [3.05, 3.63) is 24.3 Å². The highest BCUT2D eigenvalue weighted by atomic mass is 16.3. The van der Waals surface area contributed by atoms with E-state index in [1.54, 1.807) is 6.08 Å². The van der Waals surface area contributed by atoms with Gasteiger partial charge in [-0.05, 0) is 44.9 Å². The van der Waals surface area contributed by atoms with Crippen molar-refractivity contribution < 1.29 is 15.0 Å². The molecule has 4 nitrogen and oxygen atoms in total. The molecule has 0 radical (unpaired) electrons. The molecule has 0 heterocycles. The van der Waals surface area contributed by atoms with Crippen LogP contribution in [0.15, 0.2) is 24.3 Å². The Balaban J connectivity index is 3.48. The minimum Gasteiger partial charge on any atom is -0.394 e. The molecule has 0 aromatic rings. The largest absolute Gasteiger partial charge is 0.394 e. The van der Waals surface area contributed by atoms with Crippen molar-refractivity contribution in [3.63, 3.8) is 0 Å². The summed E-state index contributed by atoms with van der Waals surface area (Å²) in [4.78, 5) is 12.5. The van der Waals surface area contributed by atoms with E-state index in [-0.39, 0.29) is 12.5 Å². The molecule has 0 saturated carbocycles. The van der Waals surface area contributed by atoms with Crippen molar-refractivity contribution in [2.45, 2.75) is 328 Å². The Hall–Kier alpha value is -1.13. The number of amides is 1. The summed E-state index contributed by atoms with van der Waals surface area (Å²) in [6.45, 7) is 4.35. The van der Waals surface area contributed by atoms with E-state index in [1.165, 1.54) is 270 Å². The summed E-state index contributed by atoms with van der Waals surface area (Å²) in [5.74, 6) is -0.0609. The van der Waals surface area contributed by atoms with Crippen LogP contribution in [0.3, 0.4) is 0 Å². The van der Waals surface area contributed by atoms with Crippen molar-refractivity contribution >= 4 is 5.91 Å². The number of hydrogen-bond donors (Lipinski definition) is 3. The third kappa shape index (κ3) is 49.7. The van der Waals surface area contributed by atoms with E-state index in [0.717, 1.165) is 25.7 Å². The van der Waals surface area contributed by atoms with Crippen LogP contribution in [0.1, 0.15) is 316 Å². The summed E-state index contributed by atoms with van der Waals surface area (Å²) in [7, 11) is 0. The third-order valence-electron chi connectivity index (χ3n) is 13.2. The summed E-state index contributed by atoms with van der Waals surface area (Å²) in [6, 6.07) is -0.622. The van der Waals surface area contributed by atoms with E-state index in [1.807, 2.05) is 6.08 Å². The maximum Gasteiger partial charge on any atom is 0.220 e. The quantitative estimate of drug-likeness (QED) is 0.0422. The van der Waals surface area contributed by atoms with Gasteiger partial charge in [-0.2, -0.15) is 0 Å². The third-order valence-corrected chi connectivity index (χ3v) is 13.2. The number of rotatable bonds is 52. The fourth-order valence-electron chi connectivity index (χ4n) is 8.88. The first kappa shape index (κ1) is 59.9. The number of carbonyl (C=O) groups is 1. The molecule has 0 aliphatic carbocycles. The molecule has 0 spiro atoms. The van der Waals surface area contributed by atoms with Gasteiger partial charge in [0.25, 0.3) is 0 Å². The van der Waals surface area contributed by atoms with E-state index in [4.69, 9.17) is 0 Å². The van der Waals surface area contributed by atoms with Crippen LogP contribution >= 0.6 is 0 Å². The molecule has 2 atom stereocenters. The van der Waals surface area contributed by atoms with E-state index in [0.29, 0.717) is 6.42 Å². The second kappa shape index (κ2) is 53.2. The van der Waals surface area contributed by atoms with Gasteiger partial charge in [-0.15, -0.1) is 0 Å². The molecule has 0 aliphatic rings. The fraction of sp³-hybridized carbons (Fsp3) is 0.912. The Kier molecular flexibility index (Phi) is 52.2. The molecule has 0 saturated heterocycles.